The maximum absolute atomic E-state index is 11.1. The molecule has 3 heterocycles. The molecule has 4 aromatic rings. The normalized spacial score (nSPS) is 17.0. The molecule has 2 aromatic carbocycles. The summed E-state index contributed by atoms with van der Waals surface area (Å²) in [6.07, 6.45) is 1.88. The van der Waals surface area contributed by atoms with Gasteiger partial charge in [0.15, 0.2) is 0 Å². The average Bonchev–Trinajstić information content (AvgIpc) is 3.39. The van der Waals surface area contributed by atoms with E-state index in [1.54, 1.807) is 0 Å². The van der Waals surface area contributed by atoms with Crippen LogP contribution in [0.4, 0.5) is 0 Å². The molecule has 0 bridgehead atoms. The first-order valence-electron chi connectivity index (χ1n) is 9.84. The van der Waals surface area contributed by atoms with Crippen LogP contribution in [0.5, 0.6) is 0 Å². The van der Waals surface area contributed by atoms with E-state index in [0.29, 0.717) is 19.3 Å². The van der Waals surface area contributed by atoms with Crippen molar-refractivity contribution < 1.29 is 14.3 Å². The van der Waals surface area contributed by atoms with Gasteiger partial charge in [0, 0.05) is 37.7 Å². The van der Waals surface area contributed by atoms with Crippen LogP contribution < -0.4 is 0 Å². The molecule has 2 aromatic heterocycles. The van der Waals surface area contributed by atoms with E-state index in [1.165, 1.54) is 5.56 Å². The van der Waals surface area contributed by atoms with Gasteiger partial charge in [0.25, 0.3) is 0 Å². The number of fused-ring (bicyclic) bond motifs is 1. The molecule has 7 heteroatoms. The van der Waals surface area contributed by atoms with Crippen LogP contribution in [0.15, 0.2) is 63.7 Å². The minimum Gasteiger partial charge on any atom is -0.389 e. The van der Waals surface area contributed by atoms with Crippen molar-refractivity contribution in [2.24, 2.45) is 0 Å². The second-order valence-corrected chi connectivity index (χ2v) is 7.81. The van der Waals surface area contributed by atoms with Gasteiger partial charge in [-0.1, -0.05) is 41.6 Å². The van der Waals surface area contributed by atoms with Crippen LogP contribution in [0.25, 0.3) is 22.3 Å². The molecular weight excluding hydrogens is 368 g/mol. The van der Waals surface area contributed by atoms with Crippen LogP contribution in [0.2, 0.25) is 0 Å². The molecule has 0 spiro atoms. The molecule has 29 heavy (non-hydrogen) atoms. The molecule has 7 nitrogen and oxygen atoms in total. The highest BCUT2D eigenvalue weighted by Gasteiger charge is 2.33. The largest absolute Gasteiger partial charge is 0.389 e. The van der Waals surface area contributed by atoms with Gasteiger partial charge in [0.2, 0.25) is 0 Å². The van der Waals surface area contributed by atoms with E-state index in [2.05, 4.69) is 20.4 Å². The Morgan fingerprint density at radius 1 is 0.931 bits per heavy atom. The fraction of sp³-hybridized carbons (Fsp3) is 0.318. The summed E-state index contributed by atoms with van der Waals surface area (Å²) in [6, 6.07) is 17.8. The number of aromatic nitrogens is 3. The first-order chi connectivity index (χ1) is 14.2. The van der Waals surface area contributed by atoms with Crippen LogP contribution in [0.1, 0.15) is 24.2 Å². The lowest BCUT2D eigenvalue weighted by atomic mass is 9.87. The van der Waals surface area contributed by atoms with Crippen LogP contribution in [0, 0.1) is 0 Å². The van der Waals surface area contributed by atoms with Crippen LogP contribution >= 0.6 is 0 Å². The Bertz CT molecular complexity index is 1100. The molecule has 148 valence electrons. The van der Waals surface area contributed by atoms with Crippen molar-refractivity contribution >= 4 is 11.0 Å². The molecule has 0 saturated carbocycles. The minimum absolute atomic E-state index is 0.483. The molecule has 0 amide bonds. The van der Waals surface area contributed by atoms with Gasteiger partial charge in [-0.3, -0.25) is 4.90 Å². The van der Waals surface area contributed by atoms with E-state index in [4.69, 9.17) is 9.15 Å². The monoisotopic (exact) mass is 390 g/mol. The van der Waals surface area contributed by atoms with Gasteiger partial charge in [-0.2, -0.15) is 0 Å². The highest BCUT2D eigenvalue weighted by Crippen LogP contribution is 2.29. The molecule has 5 rings (SSSR count). The Hall–Kier alpha value is -3.03. The van der Waals surface area contributed by atoms with E-state index >= 15 is 0 Å². The quantitative estimate of drug-likeness (QED) is 0.558. The lowest BCUT2D eigenvalue weighted by Gasteiger charge is -2.37. The third kappa shape index (κ3) is 3.92. The van der Waals surface area contributed by atoms with Gasteiger partial charge in [0.1, 0.15) is 22.5 Å². The van der Waals surface area contributed by atoms with Gasteiger partial charge >= 0.3 is 0 Å². The minimum atomic E-state index is -0.760. The summed E-state index contributed by atoms with van der Waals surface area (Å²) < 4.78 is 10.3. The Labute approximate surface area is 167 Å². The highest BCUT2D eigenvalue weighted by atomic mass is 16.6. The SMILES string of the molecule is OC1(Cc2cc(-c3ccccc3)no2)CCN(Cc2ccc3nonc3c2)CC1. The van der Waals surface area contributed by atoms with Gasteiger partial charge in [-0.25, -0.2) is 4.63 Å². The molecule has 1 N–H and O–H groups in total. The highest BCUT2D eigenvalue weighted by molar-refractivity contribution is 5.73. The summed E-state index contributed by atoms with van der Waals surface area (Å²) in [4.78, 5) is 2.35. The summed E-state index contributed by atoms with van der Waals surface area (Å²) in [5, 5.41) is 23.0. The number of nitrogens with zero attached hydrogens (tertiary/aromatic N) is 4. The van der Waals surface area contributed by atoms with E-state index in [-0.39, 0.29) is 0 Å². The lowest BCUT2D eigenvalue weighted by molar-refractivity contribution is -0.0265. The number of hydrogen-bond donors (Lipinski definition) is 1. The van der Waals surface area contributed by atoms with E-state index in [9.17, 15) is 5.11 Å². The molecule has 0 atom stereocenters. The third-order valence-corrected chi connectivity index (χ3v) is 5.64. The number of piperidine rings is 1. The zero-order valence-electron chi connectivity index (χ0n) is 16.0. The summed E-state index contributed by atoms with van der Waals surface area (Å²) in [5.74, 6) is 0.726. The Balaban J connectivity index is 1.20. The maximum Gasteiger partial charge on any atom is 0.140 e. The predicted molar refractivity (Wildman–Crippen MR) is 107 cm³/mol. The van der Waals surface area contributed by atoms with Gasteiger partial charge in [-0.15, -0.1) is 0 Å². The Morgan fingerprint density at radius 3 is 2.55 bits per heavy atom. The zero-order chi connectivity index (χ0) is 19.7. The molecular formula is C22H22N4O3. The van der Waals surface area contributed by atoms with E-state index in [1.807, 2.05) is 54.6 Å². The van der Waals surface area contributed by atoms with Crippen molar-refractivity contribution in [3.63, 3.8) is 0 Å². The van der Waals surface area contributed by atoms with Crippen molar-refractivity contribution in [2.45, 2.75) is 31.4 Å². The van der Waals surface area contributed by atoms with Crippen LogP contribution in [0.3, 0.4) is 0 Å². The first-order valence-corrected chi connectivity index (χ1v) is 9.84. The number of rotatable bonds is 5. The fourth-order valence-electron chi connectivity index (χ4n) is 3.95. The predicted octanol–water partition coefficient (Wildman–Crippen LogP) is 3.45. The second-order valence-electron chi connectivity index (χ2n) is 7.81. The molecule has 1 saturated heterocycles. The molecule has 0 radical (unpaired) electrons. The molecule has 0 aliphatic carbocycles. The number of benzene rings is 2. The maximum atomic E-state index is 11.1. The standard InChI is InChI=1S/C22H22N4O3/c27-22(14-18-13-20(23-28-18)17-4-2-1-3-5-17)8-10-26(11-9-22)15-16-6-7-19-21(12-16)25-29-24-19/h1-7,12-13,27H,8-11,14-15H2. The van der Waals surface area contributed by atoms with Crippen molar-refractivity contribution in [3.8, 4) is 11.3 Å². The topological polar surface area (TPSA) is 88.4 Å². The van der Waals surface area contributed by atoms with Gasteiger partial charge in [0.05, 0.1) is 5.60 Å². The number of hydrogen-bond acceptors (Lipinski definition) is 7. The van der Waals surface area contributed by atoms with Crippen molar-refractivity contribution in [1.29, 1.82) is 0 Å². The second kappa shape index (κ2) is 7.42. The van der Waals surface area contributed by atoms with E-state index < -0.39 is 5.60 Å². The summed E-state index contributed by atoms with van der Waals surface area (Å²) in [6.45, 7) is 2.47. The Kier molecular flexibility index (Phi) is 4.61. The van der Waals surface area contributed by atoms with E-state index in [0.717, 1.165) is 47.7 Å². The summed E-state index contributed by atoms with van der Waals surface area (Å²) in [7, 11) is 0. The Morgan fingerprint density at radius 2 is 1.72 bits per heavy atom. The van der Waals surface area contributed by atoms with Crippen molar-refractivity contribution in [2.75, 3.05) is 13.1 Å². The first kappa shape index (κ1) is 18.0. The molecule has 0 unspecified atom stereocenters. The smallest absolute Gasteiger partial charge is 0.140 e. The summed E-state index contributed by atoms with van der Waals surface area (Å²) >= 11 is 0. The number of likely N-dealkylation sites (tertiary alicyclic amines) is 1. The van der Waals surface area contributed by atoms with Gasteiger partial charge in [-0.05, 0) is 40.9 Å². The zero-order valence-corrected chi connectivity index (χ0v) is 16.0. The average molecular weight is 390 g/mol. The van der Waals surface area contributed by atoms with Crippen LogP contribution in [-0.4, -0.2) is 44.2 Å². The molecule has 1 fully saturated rings. The van der Waals surface area contributed by atoms with Crippen LogP contribution in [-0.2, 0) is 13.0 Å². The fourth-order valence-corrected chi connectivity index (χ4v) is 3.95. The molecule has 1 aliphatic heterocycles. The lowest BCUT2D eigenvalue weighted by Crippen LogP contribution is -2.45. The van der Waals surface area contributed by atoms with Crippen molar-refractivity contribution in [3.05, 3.63) is 65.9 Å². The van der Waals surface area contributed by atoms with Gasteiger partial charge < -0.3 is 9.63 Å². The summed E-state index contributed by atoms with van der Waals surface area (Å²) in [5.41, 5.74) is 3.77. The molecule has 1 aliphatic rings. The van der Waals surface area contributed by atoms with Crippen molar-refractivity contribution in [1.82, 2.24) is 20.4 Å². The number of aliphatic hydroxyl groups is 1. The third-order valence-electron chi connectivity index (χ3n) is 5.64.